The number of imidazole rings is 1. The normalized spacial score (nSPS) is 16.4. The summed E-state index contributed by atoms with van der Waals surface area (Å²) in [5.41, 5.74) is 4.54. The molecule has 1 aliphatic rings. The summed E-state index contributed by atoms with van der Waals surface area (Å²) >= 11 is 0. The van der Waals surface area contributed by atoms with Gasteiger partial charge in [-0.15, -0.1) is 0 Å². The lowest BCUT2D eigenvalue weighted by atomic mass is 10.2. The van der Waals surface area contributed by atoms with Gasteiger partial charge in [0.15, 0.2) is 5.65 Å². The Labute approximate surface area is 168 Å². The second-order valence-electron chi connectivity index (χ2n) is 7.35. The summed E-state index contributed by atoms with van der Waals surface area (Å²) < 4.78 is 7.41. The summed E-state index contributed by atoms with van der Waals surface area (Å²) in [6.07, 6.45) is 5.95. The smallest absolute Gasteiger partial charge is 0.321 e. The van der Waals surface area contributed by atoms with Crippen LogP contribution in [0.2, 0.25) is 0 Å². The number of amides is 2. The molecule has 1 saturated heterocycles. The number of urea groups is 1. The van der Waals surface area contributed by atoms with Gasteiger partial charge in [0.25, 0.3) is 0 Å². The third kappa shape index (κ3) is 3.24. The molecule has 1 fully saturated rings. The Bertz CT molecular complexity index is 1150. The molecule has 7 nitrogen and oxygen atoms in total. The van der Waals surface area contributed by atoms with E-state index in [0.29, 0.717) is 13.1 Å². The maximum absolute atomic E-state index is 12.8. The van der Waals surface area contributed by atoms with Crippen molar-refractivity contribution in [3.05, 3.63) is 66.8 Å². The minimum atomic E-state index is -0.0846. The maximum atomic E-state index is 12.8. The lowest BCUT2D eigenvalue weighted by molar-refractivity contribution is 0.221. The van der Waals surface area contributed by atoms with Crippen molar-refractivity contribution >= 4 is 22.9 Å². The van der Waals surface area contributed by atoms with E-state index in [1.807, 2.05) is 54.3 Å². The van der Waals surface area contributed by atoms with Crippen molar-refractivity contribution in [1.29, 1.82) is 0 Å². The number of likely N-dealkylation sites (tertiary alicyclic amines) is 1. The van der Waals surface area contributed by atoms with E-state index in [2.05, 4.69) is 14.9 Å². The lowest BCUT2D eigenvalue weighted by Gasteiger charge is -2.19. The summed E-state index contributed by atoms with van der Waals surface area (Å²) in [5, 5.41) is 2.99. The van der Waals surface area contributed by atoms with Crippen molar-refractivity contribution in [1.82, 2.24) is 19.4 Å². The highest BCUT2D eigenvalue weighted by molar-refractivity contribution is 5.89. The number of rotatable bonds is 3. The van der Waals surface area contributed by atoms with Crippen LogP contribution in [-0.4, -0.2) is 38.6 Å². The molecule has 1 aliphatic heterocycles. The highest BCUT2D eigenvalue weighted by atomic mass is 16.3. The molecule has 5 rings (SSSR count). The van der Waals surface area contributed by atoms with Crippen LogP contribution in [0.4, 0.5) is 10.5 Å². The fourth-order valence-electron chi connectivity index (χ4n) is 3.85. The Kier molecular flexibility index (Phi) is 4.27. The van der Waals surface area contributed by atoms with Gasteiger partial charge < -0.3 is 19.2 Å². The number of benzene rings is 1. The van der Waals surface area contributed by atoms with Gasteiger partial charge in [0.05, 0.1) is 17.9 Å². The molecule has 0 radical (unpaired) electrons. The van der Waals surface area contributed by atoms with Crippen LogP contribution >= 0.6 is 0 Å². The lowest BCUT2D eigenvalue weighted by Crippen LogP contribution is -2.33. The number of fused-ring (bicyclic) bond motifs is 1. The first kappa shape index (κ1) is 17.5. The molecular formula is C22H21N5O2. The zero-order chi connectivity index (χ0) is 19.8. The fraction of sp³-hybridized carbons (Fsp3) is 0.227. The number of anilines is 1. The van der Waals surface area contributed by atoms with E-state index in [1.165, 1.54) is 0 Å². The predicted octanol–water partition coefficient (Wildman–Crippen LogP) is 4.48. The van der Waals surface area contributed by atoms with Gasteiger partial charge in [-0.05, 0) is 43.7 Å². The van der Waals surface area contributed by atoms with Crippen molar-refractivity contribution in [2.24, 2.45) is 0 Å². The number of carbonyl (C=O) groups is 1. The highest BCUT2D eigenvalue weighted by Crippen LogP contribution is 2.32. The summed E-state index contributed by atoms with van der Waals surface area (Å²) in [7, 11) is 0. The number of aryl methyl sites for hydroxylation is 1. The van der Waals surface area contributed by atoms with Crippen LogP contribution < -0.4 is 5.32 Å². The van der Waals surface area contributed by atoms with Crippen LogP contribution in [0.25, 0.3) is 22.6 Å². The molecule has 146 valence electrons. The Morgan fingerprint density at radius 3 is 2.86 bits per heavy atom. The van der Waals surface area contributed by atoms with Crippen LogP contribution in [-0.2, 0) is 0 Å². The zero-order valence-electron chi connectivity index (χ0n) is 16.1. The number of aromatic nitrogens is 3. The van der Waals surface area contributed by atoms with Crippen molar-refractivity contribution in [3.8, 4) is 11.4 Å². The van der Waals surface area contributed by atoms with Crippen LogP contribution in [0.1, 0.15) is 18.0 Å². The van der Waals surface area contributed by atoms with Crippen LogP contribution in [0.15, 0.2) is 65.6 Å². The number of hydrogen-bond donors (Lipinski definition) is 1. The van der Waals surface area contributed by atoms with E-state index in [-0.39, 0.29) is 12.1 Å². The Hall–Kier alpha value is -3.61. The van der Waals surface area contributed by atoms with E-state index in [1.54, 1.807) is 18.7 Å². The second kappa shape index (κ2) is 7.09. The molecule has 2 amide bonds. The number of pyridine rings is 1. The number of carbonyl (C=O) groups excluding carboxylic acids is 1. The average molecular weight is 387 g/mol. The van der Waals surface area contributed by atoms with Gasteiger partial charge in [-0.3, -0.25) is 0 Å². The molecule has 0 aliphatic carbocycles. The van der Waals surface area contributed by atoms with E-state index < -0.39 is 0 Å². The average Bonchev–Trinajstić information content (AvgIpc) is 3.48. The number of furan rings is 1. The molecule has 7 heteroatoms. The largest absolute Gasteiger partial charge is 0.472 e. The predicted molar refractivity (Wildman–Crippen MR) is 111 cm³/mol. The standard InChI is InChI=1S/C22H21N5O2/c1-15-4-6-17(7-5-15)24-22(28)26-11-8-18(13-26)27-20(16-9-12-29-14-16)25-19-3-2-10-23-21(19)27/h2-7,9-10,12,14,18H,8,11,13H2,1H3,(H,24,28)/t18-/m0/s1. The molecule has 4 heterocycles. The van der Waals surface area contributed by atoms with Gasteiger partial charge >= 0.3 is 6.03 Å². The number of nitrogens with zero attached hydrogens (tertiary/aromatic N) is 4. The Balaban J connectivity index is 1.41. The maximum Gasteiger partial charge on any atom is 0.321 e. The molecule has 1 atom stereocenters. The van der Waals surface area contributed by atoms with Crippen molar-refractivity contribution in [3.63, 3.8) is 0 Å². The van der Waals surface area contributed by atoms with Crippen LogP contribution in [0, 0.1) is 6.92 Å². The molecule has 0 bridgehead atoms. The molecule has 1 N–H and O–H groups in total. The van der Waals surface area contributed by atoms with E-state index in [9.17, 15) is 4.79 Å². The monoisotopic (exact) mass is 387 g/mol. The van der Waals surface area contributed by atoms with Crippen molar-refractivity contribution < 1.29 is 9.21 Å². The van der Waals surface area contributed by atoms with E-state index in [4.69, 9.17) is 9.40 Å². The van der Waals surface area contributed by atoms with E-state index >= 15 is 0 Å². The molecule has 1 aromatic carbocycles. The Morgan fingerprint density at radius 1 is 1.21 bits per heavy atom. The molecule has 0 saturated carbocycles. The van der Waals surface area contributed by atoms with Crippen molar-refractivity contribution in [2.75, 3.05) is 18.4 Å². The van der Waals surface area contributed by atoms with Crippen LogP contribution in [0.5, 0.6) is 0 Å². The molecule has 3 aromatic heterocycles. The zero-order valence-corrected chi connectivity index (χ0v) is 16.1. The summed E-state index contributed by atoms with van der Waals surface area (Å²) in [6.45, 7) is 3.31. The quantitative estimate of drug-likeness (QED) is 0.562. The topological polar surface area (TPSA) is 76.2 Å². The third-order valence-corrected chi connectivity index (χ3v) is 5.35. The first-order valence-electron chi connectivity index (χ1n) is 9.67. The number of nitrogens with one attached hydrogen (secondary N) is 1. The molecule has 29 heavy (non-hydrogen) atoms. The van der Waals surface area contributed by atoms with Gasteiger partial charge in [-0.1, -0.05) is 17.7 Å². The van der Waals surface area contributed by atoms with Gasteiger partial charge in [0.1, 0.15) is 17.6 Å². The summed E-state index contributed by atoms with van der Waals surface area (Å²) in [6, 6.07) is 13.6. The fourth-order valence-corrected chi connectivity index (χ4v) is 3.85. The van der Waals surface area contributed by atoms with Gasteiger partial charge in [-0.2, -0.15) is 0 Å². The first-order valence-corrected chi connectivity index (χ1v) is 9.67. The minimum absolute atomic E-state index is 0.0846. The second-order valence-corrected chi connectivity index (χ2v) is 7.35. The van der Waals surface area contributed by atoms with Gasteiger partial charge in [0.2, 0.25) is 0 Å². The summed E-state index contributed by atoms with van der Waals surface area (Å²) in [5.74, 6) is 0.818. The minimum Gasteiger partial charge on any atom is -0.472 e. The highest BCUT2D eigenvalue weighted by Gasteiger charge is 2.31. The SMILES string of the molecule is Cc1ccc(NC(=O)N2CC[C@H](n3c(-c4ccoc4)nc4cccnc43)C2)cc1. The number of hydrogen-bond acceptors (Lipinski definition) is 4. The Morgan fingerprint density at radius 2 is 2.07 bits per heavy atom. The molecule has 0 unspecified atom stereocenters. The summed E-state index contributed by atoms with van der Waals surface area (Å²) in [4.78, 5) is 23.9. The molecule has 4 aromatic rings. The van der Waals surface area contributed by atoms with Crippen molar-refractivity contribution in [2.45, 2.75) is 19.4 Å². The first-order chi connectivity index (χ1) is 14.2. The van der Waals surface area contributed by atoms with Crippen LogP contribution in [0.3, 0.4) is 0 Å². The third-order valence-electron chi connectivity index (χ3n) is 5.35. The van der Waals surface area contributed by atoms with Gasteiger partial charge in [0, 0.05) is 25.0 Å². The molecule has 0 spiro atoms. The van der Waals surface area contributed by atoms with Gasteiger partial charge in [-0.25, -0.2) is 14.8 Å². The molecular weight excluding hydrogens is 366 g/mol. The van der Waals surface area contributed by atoms with E-state index in [0.717, 1.165) is 40.2 Å².